The quantitative estimate of drug-likeness (QED) is 0.521. The molecule has 0 fully saturated rings. The van der Waals surface area contributed by atoms with Crippen LogP contribution in [0.3, 0.4) is 0 Å². The van der Waals surface area contributed by atoms with Crippen molar-refractivity contribution in [3.8, 4) is 0 Å². The van der Waals surface area contributed by atoms with Gasteiger partial charge in [0, 0.05) is 13.7 Å². The lowest BCUT2D eigenvalue weighted by Gasteiger charge is -2.14. The fourth-order valence-electron chi connectivity index (χ4n) is 0.663. The minimum Gasteiger partial charge on any atom is -0.379 e. The Balaban J connectivity index is -0.000000300. The molecule has 4 heteroatoms. The van der Waals surface area contributed by atoms with E-state index in [1.165, 1.54) is 6.42 Å². The molecule has 0 unspecified atom stereocenters. The number of methoxy groups -OCH3 is 1. The van der Waals surface area contributed by atoms with Gasteiger partial charge in [-0.05, 0) is 34.2 Å². The van der Waals surface area contributed by atoms with Crippen LogP contribution in [0.1, 0.15) is 47.5 Å². The van der Waals surface area contributed by atoms with E-state index in [4.69, 9.17) is 14.2 Å². The Kier molecular flexibility index (Phi) is 26.6. The summed E-state index contributed by atoms with van der Waals surface area (Å²) < 4.78 is 15.4. The zero-order valence-electron chi connectivity index (χ0n) is 15.5. The predicted octanol–water partition coefficient (Wildman–Crippen LogP) is 3.66. The largest absolute Gasteiger partial charge is 0.379 e. The van der Waals surface area contributed by atoms with E-state index >= 15 is 0 Å². The van der Waals surface area contributed by atoms with Gasteiger partial charge in [-0.3, -0.25) is 0 Å². The number of hydrogen-bond donors (Lipinski definition) is 1. The molecule has 21 heavy (non-hydrogen) atoms. The van der Waals surface area contributed by atoms with Crippen LogP contribution in [0.5, 0.6) is 0 Å². The third-order valence-electron chi connectivity index (χ3n) is 1.95. The lowest BCUT2D eigenvalue weighted by atomic mass is 10.2. The van der Waals surface area contributed by atoms with Crippen molar-refractivity contribution in [2.75, 3.05) is 47.1 Å². The van der Waals surface area contributed by atoms with Gasteiger partial charge in [-0.25, -0.2) is 0 Å². The number of nitrogens with one attached hydrogen (secondary N) is 1. The molecular weight excluding hydrogens is 266 g/mol. The Labute approximate surface area is 133 Å². The molecule has 0 atom stereocenters. The summed E-state index contributed by atoms with van der Waals surface area (Å²) in [5.74, 6) is 0. The Morgan fingerprint density at radius 3 is 1.76 bits per heavy atom. The minimum absolute atomic E-state index is 0.0417. The van der Waals surface area contributed by atoms with Gasteiger partial charge in [-0.15, -0.1) is 6.58 Å². The summed E-state index contributed by atoms with van der Waals surface area (Å²) in [5, 5.41) is 3.00. The molecule has 0 saturated carbocycles. The summed E-state index contributed by atoms with van der Waals surface area (Å²) in [6.07, 6.45) is 4.01. The summed E-state index contributed by atoms with van der Waals surface area (Å²) in [7, 11) is 3.62. The van der Waals surface area contributed by atoms with Crippen molar-refractivity contribution in [1.82, 2.24) is 5.32 Å². The van der Waals surface area contributed by atoms with E-state index in [2.05, 4.69) is 25.7 Å². The lowest BCUT2D eigenvalue weighted by molar-refractivity contribution is 0.0397. The normalized spacial score (nSPS) is 10.0. The van der Waals surface area contributed by atoms with Gasteiger partial charge in [0.1, 0.15) is 0 Å². The van der Waals surface area contributed by atoms with Crippen molar-refractivity contribution >= 4 is 0 Å². The van der Waals surface area contributed by atoms with Gasteiger partial charge in [0.25, 0.3) is 0 Å². The van der Waals surface area contributed by atoms with Crippen LogP contribution in [0.2, 0.25) is 0 Å². The van der Waals surface area contributed by atoms with Crippen molar-refractivity contribution in [3.63, 3.8) is 0 Å². The Morgan fingerprint density at radius 1 is 1.00 bits per heavy atom. The molecule has 0 amide bonds. The molecule has 0 aliphatic rings. The van der Waals surface area contributed by atoms with Gasteiger partial charge in [0.2, 0.25) is 0 Å². The molecule has 0 radical (unpaired) electrons. The maximum absolute atomic E-state index is 5.24. The molecule has 0 aromatic carbocycles. The number of rotatable bonds is 9. The highest BCUT2D eigenvalue weighted by molar-refractivity contribution is 4.64. The topological polar surface area (TPSA) is 39.7 Å². The average molecular weight is 306 g/mol. The molecule has 0 aliphatic heterocycles. The van der Waals surface area contributed by atoms with E-state index < -0.39 is 0 Å². The second-order valence-electron chi connectivity index (χ2n) is 5.43. The molecule has 0 aromatic heterocycles. The summed E-state index contributed by atoms with van der Waals surface area (Å²) in [5.41, 5.74) is 0.0417. The highest BCUT2D eigenvalue weighted by Crippen LogP contribution is 2.02. The predicted molar refractivity (Wildman–Crippen MR) is 93.1 cm³/mol. The summed E-state index contributed by atoms with van der Waals surface area (Å²) in [4.78, 5) is 0. The summed E-state index contributed by atoms with van der Waals surface area (Å²) in [6.45, 7) is 17.7. The fourth-order valence-corrected chi connectivity index (χ4v) is 0.663. The first-order valence-corrected chi connectivity index (χ1v) is 7.85. The van der Waals surface area contributed by atoms with Crippen molar-refractivity contribution in [2.24, 2.45) is 0 Å². The van der Waals surface area contributed by atoms with E-state index in [9.17, 15) is 0 Å². The van der Waals surface area contributed by atoms with Gasteiger partial charge in [0.15, 0.2) is 0 Å². The average Bonchev–Trinajstić information content (AvgIpc) is 2.43. The van der Waals surface area contributed by atoms with Crippen LogP contribution in [-0.4, -0.2) is 52.7 Å². The minimum atomic E-state index is 0.0417. The molecule has 0 aromatic rings. The molecule has 0 spiro atoms. The second kappa shape index (κ2) is 21.9. The molecule has 0 heterocycles. The second-order valence-corrected chi connectivity index (χ2v) is 5.43. The van der Waals surface area contributed by atoms with E-state index in [-0.39, 0.29) is 5.60 Å². The monoisotopic (exact) mass is 305 g/mol. The summed E-state index contributed by atoms with van der Waals surface area (Å²) in [6, 6.07) is 0. The van der Waals surface area contributed by atoms with E-state index in [1.807, 2.05) is 33.9 Å². The van der Waals surface area contributed by atoms with E-state index in [0.29, 0.717) is 13.2 Å². The molecule has 0 aliphatic carbocycles. The summed E-state index contributed by atoms with van der Waals surface area (Å²) >= 11 is 0. The molecule has 0 rings (SSSR count). The van der Waals surface area contributed by atoms with Crippen molar-refractivity contribution in [2.45, 2.75) is 53.1 Å². The SMILES string of the molecule is C=CCCOCCOCCNC.CCC.COC(C)(C)C. The van der Waals surface area contributed by atoms with E-state index in [0.717, 1.165) is 26.2 Å². The maximum Gasteiger partial charge on any atom is 0.0701 e. The molecular formula is C17H39NO3. The van der Waals surface area contributed by atoms with E-state index in [1.54, 1.807) is 7.11 Å². The van der Waals surface area contributed by atoms with Crippen LogP contribution in [0.4, 0.5) is 0 Å². The van der Waals surface area contributed by atoms with Gasteiger partial charge in [-0.2, -0.15) is 0 Å². The van der Waals surface area contributed by atoms with Gasteiger partial charge >= 0.3 is 0 Å². The third kappa shape index (κ3) is 45.1. The van der Waals surface area contributed by atoms with Crippen LogP contribution in [0, 0.1) is 0 Å². The van der Waals surface area contributed by atoms with Crippen LogP contribution in [-0.2, 0) is 14.2 Å². The van der Waals surface area contributed by atoms with Gasteiger partial charge in [0.05, 0.1) is 32.0 Å². The van der Waals surface area contributed by atoms with Crippen molar-refractivity contribution < 1.29 is 14.2 Å². The van der Waals surface area contributed by atoms with Crippen molar-refractivity contribution in [1.29, 1.82) is 0 Å². The zero-order valence-corrected chi connectivity index (χ0v) is 15.5. The Morgan fingerprint density at radius 2 is 1.43 bits per heavy atom. The van der Waals surface area contributed by atoms with Crippen LogP contribution >= 0.6 is 0 Å². The third-order valence-corrected chi connectivity index (χ3v) is 1.95. The standard InChI is InChI=1S/C9H19NO2.C5H12O.C3H8/c1-3-4-6-11-8-9-12-7-5-10-2;1-5(2,3)6-4;1-3-2/h3,10H,1,4-9H2,2H3;1-4H3;3H2,1-2H3. The first-order chi connectivity index (χ1) is 9.89. The van der Waals surface area contributed by atoms with Crippen LogP contribution in [0.15, 0.2) is 12.7 Å². The maximum atomic E-state index is 5.24. The van der Waals surface area contributed by atoms with Crippen LogP contribution < -0.4 is 5.32 Å². The molecule has 1 N–H and O–H groups in total. The highest BCUT2D eigenvalue weighted by atomic mass is 16.5. The number of ether oxygens (including phenoxy) is 3. The Hall–Kier alpha value is -0.420. The molecule has 0 saturated heterocycles. The zero-order chi connectivity index (χ0) is 17.0. The van der Waals surface area contributed by atoms with Crippen molar-refractivity contribution in [3.05, 3.63) is 12.7 Å². The smallest absolute Gasteiger partial charge is 0.0701 e. The highest BCUT2D eigenvalue weighted by Gasteiger charge is 2.04. The van der Waals surface area contributed by atoms with Crippen LogP contribution in [0.25, 0.3) is 0 Å². The first kappa shape index (κ1) is 25.5. The molecule has 130 valence electrons. The molecule has 4 nitrogen and oxygen atoms in total. The fraction of sp³-hybridized carbons (Fsp3) is 0.882. The lowest BCUT2D eigenvalue weighted by Crippen LogP contribution is -2.16. The Bertz CT molecular complexity index is 179. The number of hydrogen-bond acceptors (Lipinski definition) is 4. The van der Waals surface area contributed by atoms with Gasteiger partial charge in [-0.1, -0.05) is 26.3 Å². The molecule has 0 bridgehead atoms. The van der Waals surface area contributed by atoms with Gasteiger partial charge < -0.3 is 19.5 Å². The number of likely N-dealkylation sites (N-methyl/N-ethyl adjacent to an activating group) is 1. The first-order valence-electron chi connectivity index (χ1n) is 7.85.